The molecule has 0 saturated carbocycles. The lowest BCUT2D eigenvalue weighted by Gasteiger charge is -1.98. The maximum atomic E-state index is 5.65. The Hall–Kier alpha value is -3.93. The van der Waals surface area contributed by atoms with Gasteiger partial charge in [0.1, 0.15) is 11.9 Å². The van der Waals surface area contributed by atoms with Crippen LogP contribution >= 0.6 is 0 Å². The Kier molecular flexibility index (Phi) is 4.88. The van der Waals surface area contributed by atoms with Crippen molar-refractivity contribution in [3.63, 3.8) is 0 Å². The molecule has 6 nitrogen and oxygen atoms in total. The highest BCUT2D eigenvalue weighted by atomic mass is 16.3. The molecule has 0 spiro atoms. The minimum Gasteiger partial charge on any atom is -0.465 e. The zero-order chi connectivity index (χ0) is 18.3. The van der Waals surface area contributed by atoms with E-state index in [0.29, 0.717) is 11.2 Å². The first-order chi connectivity index (χ1) is 13.4. The van der Waals surface area contributed by atoms with Crippen LogP contribution in [0.2, 0.25) is 0 Å². The summed E-state index contributed by atoms with van der Waals surface area (Å²) < 4.78 is 5.65. The number of para-hydroxylation sites is 1. The first-order valence-corrected chi connectivity index (χ1v) is 8.32. The zero-order valence-electron chi connectivity index (χ0n) is 14.3. The lowest BCUT2D eigenvalue weighted by molar-refractivity contribution is 0.604. The van der Waals surface area contributed by atoms with E-state index in [9.17, 15) is 0 Å². The van der Waals surface area contributed by atoms with E-state index in [-0.39, 0.29) is 0 Å². The summed E-state index contributed by atoms with van der Waals surface area (Å²) in [4.78, 5) is 21.8. The largest absolute Gasteiger partial charge is 0.465 e. The number of benzene rings is 2. The quantitative estimate of drug-likeness (QED) is 0.462. The molecule has 0 fully saturated rings. The van der Waals surface area contributed by atoms with E-state index in [1.807, 2.05) is 42.5 Å². The van der Waals surface area contributed by atoms with Crippen LogP contribution in [0.1, 0.15) is 0 Å². The van der Waals surface area contributed by atoms with Crippen LogP contribution in [-0.4, -0.2) is 24.9 Å². The van der Waals surface area contributed by atoms with Crippen molar-refractivity contribution in [2.45, 2.75) is 0 Å². The highest BCUT2D eigenvalue weighted by Gasteiger charge is 2.00. The van der Waals surface area contributed by atoms with Crippen LogP contribution in [0.5, 0.6) is 0 Å². The van der Waals surface area contributed by atoms with Crippen LogP contribution in [0, 0.1) is 0 Å². The summed E-state index contributed by atoms with van der Waals surface area (Å²) in [6.45, 7) is 0. The molecular formula is C21H15N5O. The van der Waals surface area contributed by atoms with Crippen LogP contribution in [0.15, 0.2) is 96.4 Å². The van der Waals surface area contributed by atoms with Gasteiger partial charge >= 0.3 is 0 Å². The molecule has 0 aliphatic heterocycles. The van der Waals surface area contributed by atoms with Crippen molar-refractivity contribution in [1.82, 2.24) is 24.9 Å². The van der Waals surface area contributed by atoms with E-state index in [4.69, 9.17) is 9.40 Å². The molecule has 0 aliphatic carbocycles. The highest BCUT2D eigenvalue weighted by Crippen LogP contribution is 2.17. The van der Waals surface area contributed by atoms with Crippen molar-refractivity contribution in [2.24, 2.45) is 0 Å². The van der Waals surface area contributed by atoms with Gasteiger partial charge in [0.15, 0.2) is 5.65 Å². The standard InChI is InChI=1S/C21H15N5O/c1-2-6-19-16(5-1)14-23-11-10-22-9-3-4-12-27-17-7-8-20-18(13-17)21(26-19)25-15-24-20/h1-15H. The van der Waals surface area contributed by atoms with Gasteiger partial charge in [-0.25, -0.2) is 15.0 Å². The van der Waals surface area contributed by atoms with E-state index in [0.717, 1.165) is 21.8 Å². The third kappa shape index (κ3) is 4.01. The van der Waals surface area contributed by atoms with E-state index >= 15 is 0 Å². The summed E-state index contributed by atoms with van der Waals surface area (Å²) >= 11 is 0. The second kappa shape index (κ2) is 7.97. The topological polar surface area (TPSA) is 77.6 Å². The highest BCUT2D eigenvalue weighted by molar-refractivity contribution is 5.94. The molecule has 0 N–H and O–H groups in total. The number of aromatic nitrogens is 5. The molecule has 0 saturated heterocycles. The fourth-order valence-electron chi connectivity index (χ4n) is 2.51. The second-order valence-corrected chi connectivity index (χ2v) is 5.56. The minimum atomic E-state index is 0.574. The van der Waals surface area contributed by atoms with E-state index in [1.54, 1.807) is 43.2 Å². The van der Waals surface area contributed by atoms with Gasteiger partial charge in [-0.15, -0.1) is 0 Å². The summed E-state index contributed by atoms with van der Waals surface area (Å²) in [5.41, 5.74) is 2.81. The Morgan fingerprint density at radius 1 is 0.741 bits per heavy atom. The molecule has 2 aromatic heterocycles. The Morgan fingerprint density at radius 2 is 1.67 bits per heavy atom. The number of nitrogens with zero attached hydrogens (tertiary/aromatic N) is 5. The molecular weight excluding hydrogens is 338 g/mol. The molecule has 2 bridgehead atoms. The lowest BCUT2D eigenvalue weighted by Crippen LogP contribution is -1.86. The number of hydrogen-bond acceptors (Lipinski definition) is 6. The number of rotatable bonds is 0. The smallest absolute Gasteiger partial charge is 0.163 e. The third-order valence-corrected chi connectivity index (χ3v) is 3.77. The van der Waals surface area contributed by atoms with Crippen LogP contribution < -0.4 is 0 Å². The first-order valence-electron chi connectivity index (χ1n) is 8.32. The van der Waals surface area contributed by atoms with E-state index in [2.05, 4.69) is 19.9 Å². The normalized spacial score (nSPS) is 10.2. The molecule has 0 aliphatic rings. The molecule has 2 aromatic carbocycles. The summed E-state index contributed by atoms with van der Waals surface area (Å²) in [7, 11) is 0. The van der Waals surface area contributed by atoms with Crippen molar-refractivity contribution in [3.8, 4) is 0 Å². The zero-order valence-corrected chi connectivity index (χ0v) is 14.3. The Labute approximate surface area is 154 Å². The molecule has 6 heteroatoms. The summed E-state index contributed by atoms with van der Waals surface area (Å²) in [5, 5.41) is 1.69. The second-order valence-electron chi connectivity index (χ2n) is 5.56. The van der Waals surface area contributed by atoms with Crippen molar-refractivity contribution in [3.05, 3.63) is 92.0 Å². The molecule has 4 aromatic rings. The average molecular weight is 353 g/mol. The van der Waals surface area contributed by atoms with Crippen molar-refractivity contribution < 1.29 is 4.42 Å². The average Bonchev–Trinajstić information content (AvgIpc) is 2.70. The van der Waals surface area contributed by atoms with Gasteiger partial charge in [0, 0.05) is 35.6 Å². The van der Waals surface area contributed by atoms with Gasteiger partial charge < -0.3 is 4.42 Å². The van der Waals surface area contributed by atoms with Gasteiger partial charge in [0.2, 0.25) is 0 Å². The minimum absolute atomic E-state index is 0.574. The molecule has 2 heterocycles. The van der Waals surface area contributed by atoms with E-state index < -0.39 is 0 Å². The molecule has 27 heavy (non-hydrogen) atoms. The number of hydrogen-bond donors (Lipinski definition) is 0. The van der Waals surface area contributed by atoms with Gasteiger partial charge in [0.25, 0.3) is 0 Å². The molecule has 0 amide bonds. The van der Waals surface area contributed by atoms with Crippen LogP contribution in [-0.2, 0) is 0 Å². The summed E-state index contributed by atoms with van der Waals surface area (Å²) in [6, 6.07) is 16.9. The van der Waals surface area contributed by atoms with Gasteiger partial charge in [-0.05, 0) is 36.4 Å². The van der Waals surface area contributed by atoms with Crippen LogP contribution in [0.4, 0.5) is 0 Å². The Balaban J connectivity index is 2.12. The number of fused-ring (bicyclic) bond motifs is 2. The van der Waals surface area contributed by atoms with Crippen LogP contribution in [0.3, 0.4) is 0 Å². The maximum Gasteiger partial charge on any atom is 0.163 e. The van der Waals surface area contributed by atoms with Crippen molar-refractivity contribution >= 4 is 33.0 Å². The fraction of sp³-hybridized carbons (Fsp3) is 0. The SMILES string of the molecule is c1ccoc2ccc3ncnc(nc4ccccc4cnccnc1)c3c2. The fourth-order valence-corrected chi connectivity index (χ4v) is 2.51. The van der Waals surface area contributed by atoms with Gasteiger partial charge in [-0.3, -0.25) is 9.97 Å². The van der Waals surface area contributed by atoms with E-state index in [1.165, 1.54) is 6.33 Å². The molecule has 0 unspecified atom stereocenters. The van der Waals surface area contributed by atoms with Gasteiger partial charge in [-0.1, -0.05) is 18.2 Å². The molecule has 0 atom stereocenters. The lowest BCUT2D eigenvalue weighted by atomic mass is 10.2. The Morgan fingerprint density at radius 3 is 2.67 bits per heavy atom. The summed E-state index contributed by atoms with van der Waals surface area (Å²) in [6.07, 6.45) is 9.71. The predicted molar refractivity (Wildman–Crippen MR) is 104 cm³/mol. The maximum absolute atomic E-state index is 5.65. The molecule has 4 rings (SSSR count). The monoisotopic (exact) mass is 353 g/mol. The summed E-state index contributed by atoms with van der Waals surface area (Å²) in [5.74, 6) is 0. The molecule has 130 valence electrons. The Bertz CT molecular complexity index is 1250. The van der Waals surface area contributed by atoms with Crippen molar-refractivity contribution in [2.75, 3.05) is 0 Å². The third-order valence-electron chi connectivity index (χ3n) is 3.77. The van der Waals surface area contributed by atoms with Crippen LogP contribution in [0.25, 0.3) is 33.0 Å². The van der Waals surface area contributed by atoms with Crippen molar-refractivity contribution in [1.29, 1.82) is 0 Å². The predicted octanol–water partition coefficient (Wildman–Crippen LogP) is 4.53. The molecule has 0 radical (unpaired) electrons. The first kappa shape index (κ1) is 16.5. The van der Waals surface area contributed by atoms with Gasteiger partial charge in [-0.2, -0.15) is 0 Å². The van der Waals surface area contributed by atoms with Gasteiger partial charge in [0.05, 0.1) is 17.3 Å².